The molecular weight excluding hydrogens is 654 g/mol. The van der Waals surface area contributed by atoms with Crippen LogP contribution in [0.2, 0.25) is 0 Å². The van der Waals surface area contributed by atoms with Crippen molar-refractivity contribution in [2.45, 2.75) is 89.3 Å². The predicted molar refractivity (Wildman–Crippen MR) is 207 cm³/mol. The number of aromatic hydroxyl groups is 1. The average molecular weight is 706 g/mol. The Kier molecular flexibility index (Phi) is 14.2. The highest BCUT2D eigenvalue weighted by atomic mass is 16.5. The Balaban J connectivity index is 1.27. The van der Waals surface area contributed by atoms with Crippen molar-refractivity contribution < 1.29 is 29.2 Å². The molecule has 6 bridgehead atoms. The topological polar surface area (TPSA) is 136 Å². The molecule has 0 unspecified atom stereocenters. The number of unbranched alkanes of at least 4 members (excludes halogenated alkanes) is 4. The average Bonchev–Trinajstić information content (AvgIpc) is 3.15. The van der Waals surface area contributed by atoms with Gasteiger partial charge in [0.25, 0.3) is 0 Å². The zero-order valence-electron chi connectivity index (χ0n) is 30.3. The molecule has 0 radical (unpaired) electrons. The monoisotopic (exact) mass is 705 g/mol. The SMILES string of the molecule is CN=C(N)Nc1cccc(CCCCCCC[C@H]2CC(=O)CCc3ccc(OC)c(c3)OCc3ccc4c(c(O)ccc4c3)[C@H](CCO)C#CO2)c1. The highest BCUT2D eigenvalue weighted by Gasteiger charge is 2.19. The Hall–Kier alpha value is -5.20. The van der Waals surface area contributed by atoms with Crippen molar-refractivity contribution in [3.05, 3.63) is 95.1 Å². The quantitative estimate of drug-likeness (QED) is 0.0508. The maximum absolute atomic E-state index is 13.3. The maximum Gasteiger partial charge on any atom is 0.192 e. The van der Waals surface area contributed by atoms with Crippen LogP contribution in [-0.2, 0) is 29.0 Å². The van der Waals surface area contributed by atoms with E-state index >= 15 is 0 Å². The van der Waals surface area contributed by atoms with Crippen molar-refractivity contribution in [1.29, 1.82) is 0 Å². The second kappa shape index (κ2) is 19.4. The highest BCUT2D eigenvalue weighted by molar-refractivity contribution is 5.92. The first kappa shape index (κ1) is 38.0. The number of Topliss-reactive ketones (excluding diaryl/α,β-unsaturated/α-hetero) is 1. The number of nitrogens with one attached hydrogen (secondary N) is 1. The summed E-state index contributed by atoms with van der Waals surface area (Å²) in [5.74, 6) is 4.57. The molecule has 2 aliphatic rings. The molecule has 52 heavy (non-hydrogen) atoms. The number of hydrogen-bond donors (Lipinski definition) is 4. The van der Waals surface area contributed by atoms with Gasteiger partial charge < -0.3 is 35.5 Å². The number of benzene rings is 4. The number of phenolic OH excluding ortho intramolecular Hbond substituents is 1. The van der Waals surface area contributed by atoms with E-state index in [1.165, 1.54) is 5.56 Å². The number of ether oxygens (including phenoxy) is 3. The molecule has 2 atom stereocenters. The van der Waals surface area contributed by atoms with Gasteiger partial charge in [0.1, 0.15) is 30.4 Å². The van der Waals surface area contributed by atoms with Crippen LogP contribution in [0.25, 0.3) is 10.8 Å². The van der Waals surface area contributed by atoms with Crippen LogP contribution in [0.3, 0.4) is 0 Å². The molecular formula is C43H51N3O6. The molecule has 0 aliphatic carbocycles. The van der Waals surface area contributed by atoms with Crippen LogP contribution in [-0.4, -0.2) is 48.8 Å². The third-order valence-corrected chi connectivity index (χ3v) is 9.53. The Bertz CT molecular complexity index is 1900. The van der Waals surface area contributed by atoms with Crippen LogP contribution in [0.1, 0.15) is 86.0 Å². The lowest BCUT2D eigenvalue weighted by atomic mass is 9.90. The summed E-state index contributed by atoms with van der Waals surface area (Å²) in [7, 11) is 3.27. The van der Waals surface area contributed by atoms with Gasteiger partial charge in [-0.15, -0.1) is 0 Å². The number of aliphatic hydroxyl groups excluding tert-OH is 1. The number of aliphatic hydroxyl groups is 1. The first-order chi connectivity index (χ1) is 25.4. The molecule has 2 aliphatic heterocycles. The zero-order chi connectivity index (χ0) is 36.7. The lowest BCUT2D eigenvalue weighted by Gasteiger charge is -2.17. The van der Waals surface area contributed by atoms with Gasteiger partial charge in [-0.25, -0.2) is 0 Å². The minimum absolute atomic E-state index is 0.103. The van der Waals surface area contributed by atoms with Crippen molar-refractivity contribution in [3.63, 3.8) is 0 Å². The van der Waals surface area contributed by atoms with Crippen LogP contribution in [0.5, 0.6) is 17.2 Å². The Morgan fingerprint density at radius 1 is 0.981 bits per heavy atom. The summed E-state index contributed by atoms with van der Waals surface area (Å²) >= 11 is 0. The number of carbonyl (C=O) groups excluding carboxylic acids is 1. The highest BCUT2D eigenvalue weighted by Crippen LogP contribution is 2.36. The fraction of sp³-hybridized carbons (Fsp3) is 0.395. The smallest absolute Gasteiger partial charge is 0.192 e. The van der Waals surface area contributed by atoms with Crippen molar-refractivity contribution in [3.8, 4) is 29.3 Å². The number of ketones is 1. The summed E-state index contributed by atoms with van der Waals surface area (Å²) in [5.41, 5.74) is 10.6. The number of hydrogen-bond acceptors (Lipinski definition) is 7. The van der Waals surface area contributed by atoms with E-state index in [-0.39, 0.29) is 30.7 Å². The number of methoxy groups -OCH3 is 1. The fourth-order valence-electron chi connectivity index (χ4n) is 6.69. The Labute approximate surface area is 307 Å². The first-order valence-electron chi connectivity index (χ1n) is 18.3. The van der Waals surface area contributed by atoms with Crippen LogP contribution in [0.4, 0.5) is 5.69 Å². The van der Waals surface area contributed by atoms with E-state index in [0.29, 0.717) is 55.3 Å². The Morgan fingerprint density at radius 3 is 2.63 bits per heavy atom. The molecule has 0 spiro atoms. The molecule has 0 saturated heterocycles. The molecule has 9 nitrogen and oxygen atoms in total. The molecule has 9 heteroatoms. The van der Waals surface area contributed by atoms with Gasteiger partial charge in [0, 0.05) is 37.7 Å². The number of fused-ring (bicyclic) bond motifs is 9. The van der Waals surface area contributed by atoms with E-state index in [1.807, 2.05) is 54.6 Å². The molecule has 4 aromatic rings. The summed E-state index contributed by atoms with van der Waals surface area (Å²) in [5, 5.41) is 25.8. The first-order valence-corrected chi connectivity index (χ1v) is 18.3. The summed E-state index contributed by atoms with van der Waals surface area (Å²) in [6, 6.07) is 23.5. The van der Waals surface area contributed by atoms with Gasteiger partial charge in [0.2, 0.25) is 0 Å². The van der Waals surface area contributed by atoms with E-state index in [1.54, 1.807) is 20.2 Å². The number of anilines is 1. The van der Waals surface area contributed by atoms with Crippen LogP contribution in [0, 0.1) is 12.0 Å². The zero-order valence-corrected chi connectivity index (χ0v) is 30.3. The lowest BCUT2D eigenvalue weighted by molar-refractivity contribution is -0.121. The van der Waals surface area contributed by atoms with E-state index in [4.69, 9.17) is 19.9 Å². The molecule has 2 heterocycles. The van der Waals surface area contributed by atoms with E-state index in [0.717, 1.165) is 66.1 Å². The van der Waals surface area contributed by atoms with Gasteiger partial charge in [-0.3, -0.25) is 9.79 Å². The van der Waals surface area contributed by atoms with E-state index < -0.39 is 5.92 Å². The summed E-state index contributed by atoms with van der Waals surface area (Å²) in [6.45, 7) is 0.213. The molecule has 0 fully saturated rings. The van der Waals surface area contributed by atoms with Gasteiger partial charge in [-0.2, -0.15) is 0 Å². The molecule has 274 valence electrons. The van der Waals surface area contributed by atoms with Crippen molar-refractivity contribution in [1.82, 2.24) is 0 Å². The molecule has 5 N–H and O–H groups in total. The molecule has 0 saturated carbocycles. The number of nitrogens with two attached hydrogens (primary N) is 1. The van der Waals surface area contributed by atoms with E-state index in [2.05, 4.69) is 34.5 Å². The predicted octanol–water partition coefficient (Wildman–Crippen LogP) is 7.79. The number of phenols is 1. The summed E-state index contributed by atoms with van der Waals surface area (Å²) < 4.78 is 17.9. The van der Waals surface area contributed by atoms with Gasteiger partial charge in [0.05, 0.1) is 13.0 Å². The van der Waals surface area contributed by atoms with Gasteiger partial charge in [-0.05, 0) is 102 Å². The van der Waals surface area contributed by atoms with Crippen LogP contribution >= 0.6 is 0 Å². The van der Waals surface area contributed by atoms with E-state index in [9.17, 15) is 15.0 Å². The van der Waals surface area contributed by atoms with Crippen LogP contribution < -0.4 is 20.5 Å². The largest absolute Gasteiger partial charge is 0.508 e. The number of guanidine groups is 1. The third-order valence-electron chi connectivity index (χ3n) is 9.53. The van der Waals surface area contributed by atoms with Crippen LogP contribution in [0.15, 0.2) is 77.8 Å². The second-order valence-electron chi connectivity index (χ2n) is 13.4. The number of nitrogens with zero attached hydrogens (tertiary/aromatic N) is 1. The van der Waals surface area contributed by atoms with Crippen molar-refractivity contribution in [2.75, 3.05) is 26.1 Å². The summed E-state index contributed by atoms with van der Waals surface area (Å²) in [6.07, 6.45) is 11.0. The molecule has 6 rings (SSSR count). The van der Waals surface area contributed by atoms with Crippen molar-refractivity contribution >= 4 is 28.2 Å². The minimum Gasteiger partial charge on any atom is -0.508 e. The standard InChI is InChI=1S/C43H51N3O6/c1-45-43(44)46-35-11-8-10-30(26-35)9-6-4-3-5-7-12-37-28-36(48)17-13-31-15-20-40(50-2)41(27-31)52-29-32-14-18-38-34(25-32)16-19-39(49)42(38)33(21-23-47)22-24-51-37/h8,10-11,14-16,18-20,25-27,33,37,47,49H,3-7,9,12-13,17,21,23,28-29H2,1-2H3,(H3,44,45,46)/t33-,37+/m1/s1. The number of carbonyl (C=O) groups is 1. The number of aryl methyl sites for hydroxylation is 2. The molecule has 0 amide bonds. The van der Waals surface area contributed by atoms with Crippen molar-refractivity contribution in [2.24, 2.45) is 10.7 Å². The number of rotatable bonds is 12. The second-order valence-corrected chi connectivity index (χ2v) is 13.4. The van der Waals surface area contributed by atoms with Gasteiger partial charge in [-0.1, -0.05) is 61.6 Å². The normalized spacial score (nSPS) is 16.6. The third kappa shape index (κ3) is 10.9. The number of aliphatic imine (C=N–C) groups is 1. The lowest BCUT2D eigenvalue weighted by Crippen LogP contribution is -2.21. The fourth-order valence-corrected chi connectivity index (χ4v) is 6.69. The van der Waals surface area contributed by atoms with Gasteiger partial charge >= 0.3 is 0 Å². The van der Waals surface area contributed by atoms with Gasteiger partial charge in [0.15, 0.2) is 17.5 Å². The summed E-state index contributed by atoms with van der Waals surface area (Å²) in [4.78, 5) is 17.3. The Morgan fingerprint density at radius 2 is 1.81 bits per heavy atom. The maximum atomic E-state index is 13.3. The minimum atomic E-state index is -0.464. The molecule has 4 aromatic carbocycles. The molecule has 0 aromatic heterocycles.